The number of aryl methyl sites for hydroxylation is 2. The number of rotatable bonds is 9. The maximum Gasteiger partial charge on any atom is 0.136 e. The second-order valence-corrected chi connectivity index (χ2v) is 7.71. The molecule has 0 spiro atoms. The topological polar surface area (TPSA) is 55.1 Å². The van der Waals surface area contributed by atoms with Crippen LogP contribution in [-0.2, 0) is 17.6 Å². The molecule has 152 valence electrons. The van der Waals surface area contributed by atoms with Crippen LogP contribution in [0.25, 0.3) is 0 Å². The summed E-state index contributed by atoms with van der Waals surface area (Å²) in [5.74, 6) is 0. The van der Waals surface area contributed by atoms with Gasteiger partial charge in [0.15, 0.2) is 0 Å². The molecule has 1 fully saturated rings. The van der Waals surface area contributed by atoms with Gasteiger partial charge in [-0.05, 0) is 69.0 Å². The van der Waals surface area contributed by atoms with E-state index in [0.717, 1.165) is 44.9 Å². The van der Waals surface area contributed by atoms with E-state index < -0.39 is 0 Å². The number of hydrogen-bond donors (Lipinski definition) is 2. The molecule has 0 amide bonds. The van der Waals surface area contributed by atoms with Crippen molar-refractivity contribution in [3.05, 3.63) is 71.8 Å². The van der Waals surface area contributed by atoms with Crippen LogP contribution in [0.1, 0.15) is 56.1 Å². The summed E-state index contributed by atoms with van der Waals surface area (Å²) in [5, 5.41) is 3.10. The third-order valence-electron chi connectivity index (χ3n) is 5.28. The normalized spacial score (nSPS) is 16.3. The van der Waals surface area contributed by atoms with Gasteiger partial charge in [0.1, 0.15) is 6.29 Å². The van der Waals surface area contributed by atoms with Crippen LogP contribution < -0.4 is 11.1 Å². The van der Waals surface area contributed by atoms with Gasteiger partial charge in [0.2, 0.25) is 0 Å². The standard InChI is InChI=1S/C19H25N.C6H11NO/c20-19(15-7-13-17-9-3-1-4-10-17)16-8-14-18-11-5-2-6-12-18;8-5-6-3-1-2-4-7-6/h1-6,9-12,19H,7-8,13-16,20H2;5-7H,1-4H2. The zero-order chi connectivity index (χ0) is 19.9. The molecule has 3 rings (SSSR count). The first-order chi connectivity index (χ1) is 13.8. The van der Waals surface area contributed by atoms with Crippen LogP contribution in [-0.4, -0.2) is 24.9 Å². The highest BCUT2D eigenvalue weighted by Gasteiger charge is 2.09. The van der Waals surface area contributed by atoms with E-state index in [2.05, 4.69) is 66.0 Å². The molecule has 2 aromatic carbocycles. The van der Waals surface area contributed by atoms with Crippen molar-refractivity contribution in [1.29, 1.82) is 0 Å². The van der Waals surface area contributed by atoms with E-state index >= 15 is 0 Å². The van der Waals surface area contributed by atoms with Gasteiger partial charge in [-0.1, -0.05) is 67.1 Å². The molecular formula is C25H36N2O. The Kier molecular flexibility index (Phi) is 11.2. The summed E-state index contributed by atoms with van der Waals surface area (Å²) in [6.45, 7) is 1.02. The van der Waals surface area contributed by atoms with Crippen LogP contribution in [0.5, 0.6) is 0 Å². The zero-order valence-corrected chi connectivity index (χ0v) is 17.1. The number of nitrogens with two attached hydrogens (primary N) is 1. The van der Waals surface area contributed by atoms with Gasteiger partial charge in [0.05, 0.1) is 6.04 Å². The number of benzene rings is 2. The molecule has 1 unspecified atom stereocenters. The Morgan fingerprint density at radius 3 is 1.82 bits per heavy atom. The molecule has 1 saturated heterocycles. The summed E-state index contributed by atoms with van der Waals surface area (Å²) in [5.41, 5.74) is 9.04. The van der Waals surface area contributed by atoms with Crippen molar-refractivity contribution >= 4 is 6.29 Å². The van der Waals surface area contributed by atoms with Crippen LogP contribution in [0.15, 0.2) is 60.7 Å². The van der Waals surface area contributed by atoms with Gasteiger partial charge < -0.3 is 15.8 Å². The van der Waals surface area contributed by atoms with Crippen molar-refractivity contribution in [2.45, 2.75) is 69.9 Å². The molecule has 0 aromatic heterocycles. The smallest absolute Gasteiger partial charge is 0.136 e. The average molecular weight is 381 g/mol. The lowest BCUT2D eigenvalue weighted by Gasteiger charge is -2.17. The molecule has 3 heteroatoms. The Bertz CT molecular complexity index is 578. The molecule has 1 heterocycles. The lowest BCUT2D eigenvalue weighted by molar-refractivity contribution is -0.110. The van der Waals surface area contributed by atoms with Crippen LogP contribution in [0, 0.1) is 0 Å². The van der Waals surface area contributed by atoms with Crippen LogP contribution in [0.3, 0.4) is 0 Å². The molecule has 1 atom stereocenters. The first-order valence-corrected chi connectivity index (χ1v) is 10.8. The summed E-state index contributed by atoms with van der Waals surface area (Å²) in [6, 6.07) is 21.8. The van der Waals surface area contributed by atoms with Crippen molar-refractivity contribution in [3.8, 4) is 0 Å². The molecule has 1 aliphatic heterocycles. The van der Waals surface area contributed by atoms with E-state index in [4.69, 9.17) is 5.73 Å². The van der Waals surface area contributed by atoms with E-state index in [1.54, 1.807) is 0 Å². The van der Waals surface area contributed by atoms with Crippen molar-refractivity contribution in [2.24, 2.45) is 5.73 Å². The lowest BCUT2D eigenvalue weighted by atomic mass is 10.00. The Morgan fingerprint density at radius 2 is 1.43 bits per heavy atom. The Morgan fingerprint density at radius 1 is 0.893 bits per heavy atom. The Labute approximate surface area is 170 Å². The van der Waals surface area contributed by atoms with Gasteiger partial charge in [-0.3, -0.25) is 0 Å². The minimum atomic E-state index is 0.156. The van der Waals surface area contributed by atoms with Crippen molar-refractivity contribution in [1.82, 2.24) is 5.32 Å². The SMILES string of the molecule is NC(CCCc1ccccc1)CCCc1ccccc1.O=CC1CCCCN1. The number of aldehydes is 1. The fourth-order valence-corrected chi connectivity index (χ4v) is 3.57. The summed E-state index contributed by atoms with van der Waals surface area (Å²) in [6.07, 6.45) is 11.4. The van der Waals surface area contributed by atoms with Gasteiger partial charge in [0.25, 0.3) is 0 Å². The Balaban J connectivity index is 0.000000292. The van der Waals surface area contributed by atoms with E-state index in [0.29, 0.717) is 6.04 Å². The highest BCUT2D eigenvalue weighted by Crippen LogP contribution is 2.11. The van der Waals surface area contributed by atoms with E-state index in [1.807, 2.05) is 0 Å². The number of carbonyl (C=O) groups is 1. The van der Waals surface area contributed by atoms with Crippen LogP contribution in [0.2, 0.25) is 0 Å². The Hall–Kier alpha value is -1.97. The minimum absolute atomic E-state index is 0.156. The number of nitrogens with one attached hydrogen (secondary N) is 1. The van der Waals surface area contributed by atoms with E-state index in [9.17, 15) is 4.79 Å². The van der Waals surface area contributed by atoms with Gasteiger partial charge in [-0.25, -0.2) is 0 Å². The molecule has 0 radical (unpaired) electrons. The predicted octanol–water partition coefficient (Wildman–Crippen LogP) is 4.69. The number of carbonyl (C=O) groups excluding carboxylic acids is 1. The second-order valence-electron chi connectivity index (χ2n) is 7.71. The summed E-state index contributed by atoms with van der Waals surface area (Å²) < 4.78 is 0. The molecule has 0 bridgehead atoms. The molecule has 0 saturated carbocycles. The van der Waals surface area contributed by atoms with Crippen molar-refractivity contribution < 1.29 is 4.79 Å². The third-order valence-corrected chi connectivity index (χ3v) is 5.28. The van der Waals surface area contributed by atoms with Crippen LogP contribution in [0.4, 0.5) is 0 Å². The molecule has 2 aromatic rings. The summed E-state index contributed by atoms with van der Waals surface area (Å²) in [4.78, 5) is 10.1. The maximum absolute atomic E-state index is 10.1. The zero-order valence-electron chi connectivity index (χ0n) is 17.1. The van der Waals surface area contributed by atoms with E-state index in [-0.39, 0.29) is 6.04 Å². The third kappa shape index (κ3) is 9.82. The van der Waals surface area contributed by atoms with Gasteiger partial charge >= 0.3 is 0 Å². The highest BCUT2D eigenvalue weighted by atomic mass is 16.1. The maximum atomic E-state index is 10.1. The molecule has 1 aliphatic rings. The molecule has 0 aliphatic carbocycles. The largest absolute Gasteiger partial charge is 0.328 e. The molecule has 3 N–H and O–H groups in total. The number of piperidine rings is 1. The van der Waals surface area contributed by atoms with Crippen LogP contribution >= 0.6 is 0 Å². The quantitative estimate of drug-likeness (QED) is 0.621. The molecule has 28 heavy (non-hydrogen) atoms. The summed E-state index contributed by atoms with van der Waals surface area (Å²) >= 11 is 0. The highest BCUT2D eigenvalue weighted by molar-refractivity contribution is 5.57. The fourth-order valence-electron chi connectivity index (χ4n) is 3.57. The summed E-state index contributed by atoms with van der Waals surface area (Å²) in [7, 11) is 0. The van der Waals surface area contributed by atoms with Gasteiger partial charge in [0, 0.05) is 6.04 Å². The molecular weight excluding hydrogens is 344 g/mol. The van der Waals surface area contributed by atoms with Gasteiger partial charge in [-0.2, -0.15) is 0 Å². The minimum Gasteiger partial charge on any atom is -0.328 e. The number of hydrogen-bond acceptors (Lipinski definition) is 3. The predicted molar refractivity (Wildman–Crippen MR) is 118 cm³/mol. The first kappa shape index (κ1) is 22.3. The van der Waals surface area contributed by atoms with Crippen molar-refractivity contribution in [2.75, 3.05) is 6.54 Å². The first-order valence-electron chi connectivity index (χ1n) is 10.8. The molecule has 3 nitrogen and oxygen atoms in total. The van der Waals surface area contributed by atoms with E-state index in [1.165, 1.54) is 36.8 Å². The average Bonchev–Trinajstić information content (AvgIpc) is 2.76. The van der Waals surface area contributed by atoms with Crippen molar-refractivity contribution in [3.63, 3.8) is 0 Å². The second kappa shape index (κ2) is 14.1. The lowest BCUT2D eigenvalue weighted by Crippen LogP contribution is -2.34. The fraction of sp³-hybridized carbons (Fsp3) is 0.480. The monoisotopic (exact) mass is 380 g/mol. The van der Waals surface area contributed by atoms with Gasteiger partial charge in [-0.15, -0.1) is 0 Å².